The van der Waals surface area contributed by atoms with E-state index in [9.17, 15) is 9.90 Å². The van der Waals surface area contributed by atoms with Crippen molar-refractivity contribution in [2.45, 2.75) is 57.8 Å². The van der Waals surface area contributed by atoms with Gasteiger partial charge in [-0.1, -0.05) is 19.9 Å². The summed E-state index contributed by atoms with van der Waals surface area (Å²) in [6.45, 7) is 4.50. The Morgan fingerprint density at radius 3 is 2.62 bits per heavy atom. The lowest BCUT2D eigenvalue weighted by molar-refractivity contribution is -0.129. The first-order chi connectivity index (χ1) is 11.4. The van der Waals surface area contributed by atoms with Gasteiger partial charge in [-0.05, 0) is 72.6 Å². The molecule has 0 heterocycles. The summed E-state index contributed by atoms with van der Waals surface area (Å²) in [4.78, 5) is 12.3. The summed E-state index contributed by atoms with van der Waals surface area (Å²) in [5.41, 5.74) is 2.73. The molecule has 2 fully saturated rings. The van der Waals surface area contributed by atoms with Crippen molar-refractivity contribution in [1.82, 2.24) is 0 Å². The molecule has 3 aliphatic rings. The van der Waals surface area contributed by atoms with Crippen molar-refractivity contribution >= 4 is 5.78 Å². The molecular formula is C21H30O3. The van der Waals surface area contributed by atoms with Gasteiger partial charge in [0.25, 0.3) is 0 Å². The standard InChI is InChI=1S/C19H24O2.C2H6O/c1-11-9-16-14(13-4-3-12(20)10-15(11)13)7-8-19(2)17(16)5-6-18(19)21;1-3-2/h3-4,10-11,14,16-17,20H,5-9H2,1-2H3;1-2H3. The van der Waals surface area contributed by atoms with E-state index in [1.54, 1.807) is 14.2 Å². The van der Waals surface area contributed by atoms with E-state index in [2.05, 4.69) is 24.7 Å². The molecule has 0 aromatic heterocycles. The lowest BCUT2D eigenvalue weighted by Crippen LogP contribution is -2.42. The van der Waals surface area contributed by atoms with Crippen LogP contribution in [-0.4, -0.2) is 25.1 Å². The third-order valence-corrected chi connectivity index (χ3v) is 6.77. The number of hydrogen-bond acceptors (Lipinski definition) is 3. The fraction of sp³-hybridized carbons (Fsp3) is 0.667. The van der Waals surface area contributed by atoms with Crippen molar-refractivity contribution in [3.8, 4) is 5.75 Å². The number of Topliss-reactive ketones (excluding diaryl/α,β-unsaturated/α-hetero) is 1. The maximum atomic E-state index is 12.3. The van der Waals surface area contributed by atoms with Gasteiger partial charge in [-0.3, -0.25) is 4.79 Å². The van der Waals surface area contributed by atoms with Crippen LogP contribution >= 0.6 is 0 Å². The molecule has 0 radical (unpaired) electrons. The van der Waals surface area contributed by atoms with Gasteiger partial charge in [-0.15, -0.1) is 0 Å². The number of carbonyl (C=O) groups excluding carboxylic acids is 1. The zero-order valence-corrected chi connectivity index (χ0v) is 15.3. The highest BCUT2D eigenvalue weighted by atomic mass is 16.4. The molecule has 0 bridgehead atoms. The summed E-state index contributed by atoms with van der Waals surface area (Å²) in [6, 6.07) is 5.93. The summed E-state index contributed by atoms with van der Waals surface area (Å²) in [6.07, 6.45) is 5.24. The van der Waals surface area contributed by atoms with Crippen LogP contribution < -0.4 is 0 Å². The van der Waals surface area contributed by atoms with Gasteiger partial charge < -0.3 is 9.84 Å². The zero-order valence-electron chi connectivity index (χ0n) is 15.3. The molecule has 3 heteroatoms. The Balaban J connectivity index is 0.000000526. The largest absolute Gasteiger partial charge is 0.508 e. The van der Waals surface area contributed by atoms with Crippen molar-refractivity contribution in [3.63, 3.8) is 0 Å². The quantitative estimate of drug-likeness (QED) is 0.754. The van der Waals surface area contributed by atoms with Gasteiger partial charge in [-0.2, -0.15) is 0 Å². The predicted octanol–water partition coefficient (Wildman–Crippen LogP) is 4.64. The zero-order chi connectivity index (χ0) is 17.5. The van der Waals surface area contributed by atoms with E-state index < -0.39 is 0 Å². The van der Waals surface area contributed by atoms with Crippen molar-refractivity contribution in [1.29, 1.82) is 0 Å². The predicted molar refractivity (Wildman–Crippen MR) is 95.4 cm³/mol. The minimum Gasteiger partial charge on any atom is -0.508 e. The molecule has 1 aromatic rings. The van der Waals surface area contributed by atoms with Gasteiger partial charge in [0.1, 0.15) is 11.5 Å². The maximum absolute atomic E-state index is 12.3. The van der Waals surface area contributed by atoms with Crippen LogP contribution in [0, 0.1) is 17.3 Å². The average Bonchev–Trinajstić information content (AvgIpc) is 2.84. The number of phenols is 1. The molecule has 3 nitrogen and oxygen atoms in total. The number of hydrogen-bond donors (Lipinski definition) is 1. The van der Waals surface area contributed by atoms with E-state index in [4.69, 9.17) is 0 Å². The summed E-state index contributed by atoms with van der Waals surface area (Å²) < 4.78 is 4.25. The molecule has 3 aliphatic carbocycles. The van der Waals surface area contributed by atoms with Crippen LogP contribution in [0.15, 0.2) is 18.2 Å². The molecule has 4 rings (SSSR count). The lowest BCUT2D eigenvalue weighted by atomic mass is 9.54. The van der Waals surface area contributed by atoms with E-state index in [1.165, 1.54) is 17.5 Å². The van der Waals surface area contributed by atoms with Gasteiger partial charge in [-0.25, -0.2) is 0 Å². The lowest BCUT2D eigenvalue weighted by Gasteiger charge is -2.49. The van der Waals surface area contributed by atoms with E-state index in [0.29, 0.717) is 35.2 Å². The molecule has 5 unspecified atom stereocenters. The first-order valence-electron chi connectivity index (χ1n) is 9.18. The number of aromatic hydroxyl groups is 1. The van der Waals surface area contributed by atoms with Crippen LogP contribution in [0.4, 0.5) is 0 Å². The van der Waals surface area contributed by atoms with E-state index in [-0.39, 0.29) is 5.41 Å². The molecule has 24 heavy (non-hydrogen) atoms. The Labute approximate surface area is 145 Å². The Morgan fingerprint density at radius 2 is 1.92 bits per heavy atom. The number of carbonyl (C=O) groups is 1. The van der Waals surface area contributed by atoms with Gasteiger partial charge in [0.2, 0.25) is 0 Å². The SMILES string of the molecule is CC1CC2C(CCC3(C)C(=O)CCC23)c2ccc(O)cc21.COC. The third-order valence-electron chi connectivity index (χ3n) is 6.77. The number of rotatable bonds is 0. The number of methoxy groups -OCH3 is 1. The monoisotopic (exact) mass is 330 g/mol. The van der Waals surface area contributed by atoms with E-state index >= 15 is 0 Å². The summed E-state index contributed by atoms with van der Waals surface area (Å²) in [7, 11) is 3.25. The molecular weight excluding hydrogens is 300 g/mol. The average molecular weight is 330 g/mol. The van der Waals surface area contributed by atoms with Crippen LogP contribution in [0.25, 0.3) is 0 Å². The molecule has 0 amide bonds. The number of ketones is 1. The smallest absolute Gasteiger partial charge is 0.139 e. The Hall–Kier alpha value is -1.35. The summed E-state index contributed by atoms with van der Waals surface area (Å²) in [5.74, 6) is 3.22. The second-order valence-corrected chi connectivity index (χ2v) is 8.15. The molecule has 2 saturated carbocycles. The van der Waals surface area contributed by atoms with Gasteiger partial charge >= 0.3 is 0 Å². The third kappa shape index (κ3) is 2.67. The minimum absolute atomic E-state index is 0.0463. The Morgan fingerprint density at radius 1 is 1.21 bits per heavy atom. The molecule has 0 aliphatic heterocycles. The van der Waals surface area contributed by atoms with Crippen LogP contribution in [0.1, 0.15) is 68.9 Å². The normalized spacial score (nSPS) is 36.9. The maximum Gasteiger partial charge on any atom is 0.139 e. The van der Waals surface area contributed by atoms with E-state index in [0.717, 1.165) is 25.7 Å². The second kappa shape index (κ2) is 6.51. The second-order valence-electron chi connectivity index (χ2n) is 8.15. The van der Waals surface area contributed by atoms with Gasteiger partial charge in [0, 0.05) is 26.1 Å². The molecule has 1 N–H and O–H groups in total. The van der Waals surface area contributed by atoms with Gasteiger partial charge in [0.15, 0.2) is 0 Å². The molecule has 5 atom stereocenters. The number of fused-ring (bicyclic) bond motifs is 5. The van der Waals surface area contributed by atoms with Crippen molar-refractivity contribution in [2.24, 2.45) is 17.3 Å². The number of phenolic OH excluding ortho intramolecular Hbond substituents is 1. The summed E-state index contributed by atoms with van der Waals surface area (Å²) in [5, 5.41) is 9.78. The highest BCUT2D eigenvalue weighted by molar-refractivity contribution is 5.87. The number of benzene rings is 1. The first kappa shape index (κ1) is 17.5. The number of ether oxygens (including phenoxy) is 1. The van der Waals surface area contributed by atoms with Crippen LogP contribution in [0.5, 0.6) is 5.75 Å². The van der Waals surface area contributed by atoms with Crippen LogP contribution in [0.2, 0.25) is 0 Å². The highest BCUT2D eigenvalue weighted by Crippen LogP contribution is 2.61. The van der Waals surface area contributed by atoms with Crippen molar-refractivity contribution < 1.29 is 14.6 Å². The van der Waals surface area contributed by atoms with Gasteiger partial charge in [0.05, 0.1) is 0 Å². The Kier molecular flexibility index (Phi) is 4.74. The fourth-order valence-electron chi connectivity index (χ4n) is 5.64. The Bertz CT molecular complexity index is 624. The highest BCUT2D eigenvalue weighted by Gasteiger charge is 2.55. The van der Waals surface area contributed by atoms with E-state index in [1.807, 2.05) is 12.1 Å². The first-order valence-corrected chi connectivity index (χ1v) is 9.18. The fourth-order valence-corrected chi connectivity index (χ4v) is 5.64. The topological polar surface area (TPSA) is 46.5 Å². The van der Waals surface area contributed by atoms with Crippen molar-refractivity contribution in [2.75, 3.05) is 14.2 Å². The minimum atomic E-state index is -0.0463. The summed E-state index contributed by atoms with van der Waals surface area (Å²) >= 11 is 0. The van der Waals surface area contributed by atoms with Crippen LogP contribution in [-0.2, 0) is 9.53 Å². The molecule has 132 valence electrons. The molecule has 0 saturated heterocycles. The van der Waals surface area contributed by atoms with Crippen LogP contribution in [0.3, 0.4) is 0 Å². The molecule has 0 spiro atoms. The van der Waals surface area contributed by atoms with Crippen molar-refractivity contribution in [3.05, 3.63) is 29.3 Å². The molecule has 1 aromatic carbocycles.